The van der Waals surface area contributed by atoms with Gasteiger partial charge in [-0.1, -0.05) is 23.7 Å². The molecule has 2 rings (SSSR count). The molecule has 0 fully saturated rings. The molecule has 0 bridgehead atoms. The molecule has 0 aliphatic heterocycles. The molecule has 1 unspecified atom stereocenters. The first-order valence-corrected chi connectivity index (χ1v) is 7.74. The summed E-state index contributed by atoms with van der Waals surface area (Å²) < 4.78 is 12.7. The molecule has 22 heavy (non-hydrogen) atoms. The number of hydrogen-bond donors (Lipinski definition) is 2. The third-order valence-electron chi connectivity index (χ3n) is 2.93. The molecule has 2 aromatic carbocycles. The Morgan fingerprint density at radius 3 is 2.36 bits per heavy atom. The lowest BCUT2D eigenvalue weighted by molar-refractivity contribution is 0.0692. The van der Waals surface area contributed by atoms with Crippen molar-refractivity contribution in [2.45, 2.75) is 9.79 Å². The van der Waals surface area contributed by atoms with Gasteiger partial charge in [-0.05, 0) is 30.3 Å². The zero-order valence-corrected chi connectivity index (χ0v) is 13.1. The summed E-state index contributed by atoms with van der Waals surface area (Å²) in [7, 11) is -0.356. The molecular formula is C15H12ClNO4S. The van der Waals surface area contributed by atoms with E-state index >= 15 is 0 Å². The summed E-state index contributed by atoms with van der Waals surface area (Å²) >= 11 is 5.79. The number of hydrogen-bond acceptors (Lipinski definition) is 3. The number of carbonyl (C=O) groups excluding carboxylic acids is 1. The lowest BCUT2D eigenvalue weighted by Crippen LogP contribution is -2.20. The van der Waals surface area contributed by atoms with Crippen LogP contribution in [0.15, 0.2) is 52.3 Å². The van der Waals surface area contributed by atoms with Gasteiger partial charge in [-0.15, -0.1) is 0 Å². The third kappa shape index (κ3) is 3.18. The summed E-state index contributed by atoms with van der Waals surface area (Å²) in [5.74, 6) is -1.63. The van der Waals surface area contributed by atoms with Gasteiger partial charge in [0.15, 0.2) is 0 Å². The molecule has 2 aromatic rings. The highest BCUT2D eigenvalue weighted by molar-refractivity contribution is 7.85. The number of rotatable bonds is 4. The third-order valence-corrected chi connectivity index (χ3v) is 4.68. The Morgan fingerprint density at radius 2 is 1.73 bits per heavy atom. The first kappa shape index (κ1) is 16.2. The van der Waals surface area contributed by atoms with Crippen molar-refractivity contribution in [2.75, 3.05) is 7.05 Å². The van der Waals surface area contributed by atoms with Crippen LogP contribution in [0.25, 0.3) is 0 Å². The minimum atomic E-state index is -1.82. The van der Waals surface area contributed by atoms with E-state index < -0.39 is 22.7 Å². The second-order valence-corrected chi connectivity index (χ2v) is 6.14. The highest BCUT2D eigenvalue weighted by atomic mass is 35.5. The maximum absolute atomic E-state index is 12.7. The number of nitrogens with one attached hydrogen (secondary N) is 1. The second-order valence-electron chi connectivity index (χ2n) is 4.29. The summed E-state index contributed by atoms with van der Waals surface area (Å²) in [5, 5.41) is 11.9. The van der Waals surface area contributed by atoms with Gasteiger partial charge in [-0.2, -0.15) is 0 Å². The number of carboxylic acids is 1. The zero-order valence-electron chi connectivity index (χ0n) is 11.5. The molecule has 7 heteroatoms. The van der Waals surface area contributed by atoms with Crippen LogP contribution in [0, 0.1) is 0 Å². The first-order valence-electron chi connectivity index (χ1n) is 6.21. The zero-order chi connectivity index (χ0) is 16.3. The molecule has 1 amide bonds. The monoisotopic (exact) mass is 337 g/mol. The van der Waals surface area contributed by atoms with E-state index in [2.05, 4.69) is 5.32 Å². The number of aromatic carboxylic acids is 1. The SMILES string of the molecule is CNC(=O)c1ccccc1S(=O)c1ccc(Cl)cc1C(=O)O. The van der Waals surface area contributed by atoms with Gasteiger partial charge >= 0.3 is 5.97 Å². The lowest BCUT2D eigenvalue weighted by atomic mass is 10.2. The van der Waals surface area contributed by atoms with Crippen LogP contribution in [-0.4, -0.2) is 28.2 Å². The van der Waals surface area contributed by atoms with Gasteiger partial charge in [0.25, 0.3) is 5.91 Å². The molecule has 2 N–H and O–H groups in total. The minimum absolute atomic E-state index is 0.0910. The highest BCUT2D eigenvalue weighted by Gasteiger charge is 2.21. The van der Waals surface area contributed by atoms with E-state index in [9.17, 15) is 18.9 Å². The van der Waals surface area contributed by atoms with E-state index in [-0.39, 0.29) is 25.9 Å². The van der Waals surface area contributed by atoms with Crippen LogP contribution in [0.4, 0.5) is 0 Å². The van der Waals surface area contributed by atoms with Crippen LogP contribution in [0.2, 0.25) is 5.02 Å². The fourth-order valence-corrected chi connectivity index (χ4v) is 3.41. The van der Waals surface area contributed by atoms with Gasteiger partial charge in [0.1, 0.15) is 0 Å². The molecule has 0 heterocycles. The number of carboxylic acid groups (broad SMARTS) is 1. The second kappa shape index (κ2) is 6.72. The standard InChI is InChI=1S/C15H12ClNO4S/c1-17-14(18)10-4-2-3-5-12(10)22(21)13-7-6-9(16)8-11(13)15(19)20/h2-8H,1H3,(H,17,18)(H,19,20). The van der Waals surface area contributed by atoms with Crippen molar-refractivity contribution in [3.8, 4) is 0 Å². The van der Waals surface area contributed by atoms with Crippen LogP contribution in [0.5, 0.6) is 0 Å². The van der Waals surface area contributed by atoms with Crippen LogP contribution in [0.1, 0.15) is 20.7 Å². The smallest absolute Gasteiger partial charge is 0.336 e. The largest absolute Gasteiger partial charge is 0.478 e. The van der Waals surface area contributed by atoms with E-state index in [0.717, 1.165) is 0 Å². The predicted octanol–water partition coefficient (Wildman–Crippen LogP) is 2.56. The Kier molecular flexibility index (Phi) is 4.95. The van der Waals surface area contributed by atoms with Crippen LogP contribution in [0.3, 0.4) is 0 Å². The molecule has 1 atom stereocenters. The fourth-order valence-electron chi connectivity index (χ4n) is 1.90. The first-order chi connectivity index (χ1) is 10.5. The average Bonchev–Trinajstić information content (AvgIpc) is 2.53. The topological polar surface area (TPSA) is 83.5 Å². The van der Waals surface area contributed by atoms with Gasteiger partial charge in [-0.3, -0.25) is 4.79 Å². The number of halogens is 1. The molecule has 0 saturated carbocycles. The van der Waals surface area contributed by atoms with Gasteiger partial charge in [0.05, 0.1) is 31.7 Å². The van der Waals surface area contributed by atoms with Gasteiger partial charge in [0, 0.05) is 12.1 Å². The van der Waals surface area contributed by atoms with Gasteiger partial charge in [-0.25, -0.2) is 9.00 Å². The molecule has 0 radical (unpaired) electrons. The molecule has 0 aliphatic rings. The van der Waals surface area contributed by atoms with Crippen molar-refractivity contribution in [1.82, 2.24) is 5.32 Å². The van der Waals surface area contributed by atoms with Crippen LogP contribution >= 0.6 is 11.6 Å². The van der Waals surface area contributed by atoms with Crippen molar-refractivity contribution in [3.63, 3.8) is 0 Å². The van der Waals surface area contributed by atoms with E-state index in [1.807, 2.05) is 0 Å². The summed E-state index contributed by atoms with van der Waals surface area (Å²) in [5.41, 5.74) is 0.0761. The number of amides is 1. The van der Waals surface area contributed by atoms with Gasteiger partial charge < -0.3 is 10.4 Å². The van der Waals surface area contributed by atoms with E-state index in [0.29, 0.717) is 0 Å². The molecule has 114 valence electrons. The normalized spacial score (nSPS) is 11.7. The van der Waals surface area contributed by atoms with Crippen molar-refractivity contribution >= 4 is 34.3 Å². The Hall–Kier alpha value is -2.18. The quantitative estimate of drug-likeness (QED) is 0.898. The molecule has 0 saturated heterocycles. The summed E-state index contributed by atoms with van der Waals surface area (Å²) in [6.07, 6.45) is 0. The van der Waals surface area contributed by atoms with Crippen molar-refractivity contribution in [1.29, 1.82) is 0 Å². The Labute approximate surface area is 134 Å². The molecule has 0 aliphatic carbocycles. The maximum Gasteiger partial charge on any atom is 0.336 e. The molecule has 5 nitrogen and oxygen atoms in total. The Morgan fingerprint density at radius 1 is 1.09 bits per heavy atom. The molecular weight excluding hydrogens is 326 g/mol. The minimum Gasteiger partial charge on any atom is -0.478 e. The average molecular weight is 338 g/mol. The fraction of sp³-hybridized carbons (Fsp3) is 0.0667. The van der Waals surface area contributed by atoms with Crippen LogP contribution < -0.4 is 5.32 Å². The highest BCUT2D eigenvalue weighted by Crippen LogP contribution is 2.25. The number of benzene rings is 2. The maximum atomic E-state index is 12.7. The summed E-state index contributed by atoms with van der Waals surface area (Å²) in [4.78, 5) is 23.5. The summed E-state index contributed by atoms with van der Waals surface area (Å²) in [6, 6.07) is 10.4. The van der Waals surface area contributed by atoms with E-state index in [4.69, 9.17) is 11.6 Å². The van der Waals surface area contributed by atoms with Crippen molar-refractivity contribution in [3.05, 3.63) is 58.6 Å². The van der Waals surface area contributed by atoms with Crippen molar-refractivity contribution in [2.24, 2.45) is 0 Å². The van der Waals surface area contributed by atoms with Crippen molar-refractivity contribution < 1.29 is 18.9 Å². The van der Waals surface area contributed by atoms with E-state index in [1.165, 1.54) is 37.4 Å². The Balaban J connectivity index is 2.59. The van der Waals surface area contributed by atoms with Crippen LogP contribution in [-0.2, 0) is 10.8 Å². The van der Waals surface area contributed by atoms with Gasteiger partial charge in [0.2, 0.25) is 0 Å². The molecule has 0 spiro atoms. The lowest BCUT2D eigenvalue weighted by Gasteiger charge is -2.10. The van der Waals surface area contributed by atoms with E-state index in [1.54, 1.807) is 12.1 Å². The molecule has 0 aromatic heterocycles. The predicted molar refractivity (Wildman–Crippen MR) is 82.9 cm³/mol. The number of carbonyl (C=O) groups is 2. The summed E-state index contributed by atoms with van der Waals surface area (Å²) in [6.45, 7) is 0. The Bertz CT molecular complexity index is 776.